The van der Waals surface area contributed by atoms with Gasteiger partial charge in [-0.05, 0) is 32.4 Å². The minimum absolute atomic E-state index is 0.0285. The van der Waals surface area contributed by atoms with Crippen LogP contribution < -0.4 is 11.1 Å². The summed E-state index contributed by atoms with van der Waals surface area (Å²) in [5, 5.41) is 19.9. The lowest BCUT2D eigenvalue weighted by atomic mass is 10.2. The maximum atomic E-state index is 12.4. The molecule has 1 amide bonds. The van der Waals surface area contributed by atoms with Crippen LogP contribution in [0.15, 0.2) is 29.3 Å². The number of rotatable bonds is 3. The van der Waals surface area contributed by atoms with E-state index in [1.54, 1.807) is 4.90 Å². The number of nitrogens with zero attached hydrogens (tertiary/aromatic N) is 2. The number of amides is 1. The van der Waals surface area contributed by atoms with E-state index in [4.69, 9.17) is 20.7 Å². The lowest BCUT2D eigenvalue weighted by Crippen LogP contribution is -2.39. The van der Waals surface area contributed by atoms with Crippen molar-refractivity contribution in [1.29, 1.82) is 0 Å². The Morgan fingerprint density at radius 3 is 2.50 bits per heavy atom. The Labute approximate surface area is 154 Å². The van der Waals surface area contributed by atoms with Gasteiger partial charge in [0.2, 0.25) is 0 Å². The van der Waals surface area contributed by atoms with E-state index in [2.05, 4.69) is 10.3 Å². The standard InChI is InChI=1S/C16H23N3O3.C2H7NO/c1-16(2,3)22-15(21)19-10-12-6-4-5-7-13(12)18-14(11-19)17-8-9-20;3-1-2-4/h4-7,20H,8-11H2,1-3H3,(H,17,18);4H,1-3H2. The molecule has 0 spiro atoms. The summed E-state index contributed by atoms with van der Waals surface area (Å²) in [6.45, 7) is 7.05. The van der Waals surface area contributed by atoms with Gasteiger partial charge in [-0.25, -0.2) is 4.79 Å². The van der Waals surface area contributed by atoms with Gasteiger partial charge >= 0.3 is 6.09 Å². The number of aliphatic hydroxyl groups excluding tert-OH is 2. The molecule has 146 valence electrons. The number of ether oxygens (including phenoxy) is 1. The smallest absolute Gasteiger partial charge is 0.410 e. The van der Waals surface area contributed by atoms with Crippen LogP contribution in [0.3, 0.4) is 0 Å². The molecule has 1 aromatic rings. The first-order valence-electron chi connectivity index (χ1n) is 8.58. The summed E-state index contributed by atoms with van der Waals surface area (Å²) < 4.78 is 5.46. The number of amidine groups is 1. The Bertz CT molecular complexity index is 597. The molecule has 0 aromatic heterocycles. The number of para-hydroxylation sites is 1. The van der Waals surface area contributed by atoms with E-state index in [0.29, 0.717) is 32.0 Å². The highest BCUT2D eigenvalue weighted by Gasteiger charge is 2.26. The second kappa shape index (κ2) is 10.7. The van der Waals surface area contributed by atoms with E-state index in [9.17, 15) is 4.79 Å². The minimum Gasteiger partial charge on any atom is -0.444 e. The van der Waals surface area contributed by atoms with E-state index in [-0.39, 0.29) is 19.3 Å². The molecule has 0 saturated heterocycles. The molecule has 0 bridgehead atoms. The molecule has 1 aromatic carbocycles. The summed E-state index contributed by atoms with van der Waals surface area (Å²) in [5.74, 6) is 0.643. The molecule has 0 atom stereocenters. The first-order chi connectivity index (χ1) is 12.3. The number of aliphatic imine (C=N–C) groups is 1. The van der Waals surface area contributed by atoms with E-state index in [0.717, 1.165) is 11.3 Å². The van der Waals surface area contributed by atoms with Crippen LogP contribution in [0.1, 0.15) is 26.3 Å². The highest BCUT2D eigenvalue weighted by atomic mass is 16.6. The van der Waals surface area contributed by atoms with Gasteiger partial charge in [-0.2, -0.15) is 0 Å². The van der Waals surface area contributed by atoms with Crippen molar-refractivity contribution in [2.75, 3.05) is 38.2 Å². The third-order valence-corrected chi connectivity index (χ3v) is 3.18. The number of anilines is 1. The van der Waals surface area contributed by atoms with E-state index >= 15 is 0 Å². The summed E-state index contributed by atoms with van der Waals surface area (Å²) in [4.78, 5) is 18.3. The molecule has 1 aliphatic heterocycles. The molecule has 8 nitrogen and oxygen atoms in total. The number of nitrogens with one attached hydrogen (secondary N) is 1. The van der Waals surface area contributed by atoms with Crippen molar-refractivity contribution in [1.82, 2.24) is 4.90 Å². The lowest BCUT2D eigenvalue weighted by Gasteiger charge is -2.26. The average Bonchev–Trinajstić information content (AvgIpc) is 2.78. The maximum absolute atomic E-state index is 12.4. The highest BCUT2D eigenvalue weighted by molar-refractivity contribution is 5.99. The molecular weight excluding hydrogens is 336 g/mol. The van der Waals surface area contributed by atoms with Gasteiger partial charge < -0.3 is 26.0 Å². The second-order valence-electron chi connectivity index (χ2n) is 6.68. The van der Waals surface area contributed by atoms with Crippen LogP contribution in [-0.4, -0.2) is 65.5 Å². The van der Waals surface area contributed by atoms with Crippen LogP contribution in [0, 0.1) is 0 Å². The molecule has 1 aliphatic rings. The molecule has 26 heavy (non-hydrogen) atoms. The molecule has 8 heteroatoms. The van der Waals surface area contributed by atoms with Crippen molar-refractivity contribution in [2.45, 2.75) is 32.9 Å². The molecule has 2 rings (SSSR count). The normalized spacial score (nSPS) is 15.3. The van der Waals surface area contributed by atoms with Gasteiger partial charge in [-0.1, -0.05) is 18.2 Å². The van der Waals surface area contributed by atoms with Gasteiger partial charge in [-0.15, -0.1) is 0 Å². The van der Waals surface area contributed by atoms with E-state index in [1.165, 1.54) is 0 Å². The zero-order chi connectivity index (χ0) is 19.6. The second-order valence-corrected chi connectivity index (χ2v) is 6.68. The van der Waals surface area contributed by atoms with Crippen molar-refractivity contribution >= 4 is 17.6 Å². The topological polar surface area (TPSA) is 120 Å². The third kappa shape index (κ3) is 7.81. The van der Waals surface area contributed by atoms with Crippen LogP contribution in [0.4, 0.5) is 10.5 Å². The summed E-state index contributed by atoms with van der Waals surface area (Å²) >= 11 is 0. The zero-order valence-corrected chi connectivity index (χ0v) is 15.7. The fourth-order valence-electron chi connectivity index (χ4n) is 2.15. The van der Waals surface area contributed by atoms with Crippen LogP contribution >= 0.6 is 0 Å². The van der Waals surface area contributed by atoms with Crippen molar-refractivity contribution in [2.24, 2.45) is 10.7 Å². The van der Waals surface area contributed by atoms with Crippen molar-refractivity contribution in [3.8, 4) is 0 Å². The number of benzene rings is 1. The number of carbonyl (C=O) groups is 1. The zero-order valence-electron chi connectivity index (χ0n) is 15.7. The van der Waals surface area contributed by atoms with E-state index < -0.39 is 5.60 Å². The minimum atomic E-state index is -0.543. The molecule has 0 saturated carbocycles. The highest BCUT2D eigenvalue weighted by Crippen LogP contribution is 2.22. The number of carbonyl (C=O) groups excluding carboxylic acids is 1. The van der Waals surface area contributed by atoms with Gasteiger partial charge in [-0.3, -0.25) is 9.89 Å². The van der Waals surface area contributed by atoms with Gasteiger partial charge in [0.1, 0.15) is 11.4 Å². The van der Waals surface area contributed by atoms with Crippen LogP contribution in [0.25, 0.3) is 0 Å². The summed E-state index contributed by atoms with van der Waals surface area (Å²) in [6.07, 6.45) is -0.372. The number of hydrogen-bond acceptors (Lipinski definition) is 6. The van der Waals surface area contributed by atoms with Crippen LogP contribution in [-0.2, 0) is 11.3 Å². The molecule has 0 fully saturated rings. The van der Waals surface area contributed by atoms with Crippen LogP contribution in [0.2, 0.25) is 0 Å². The Hall–Kier alpha value is -2.16. The summed E-state index contributed by atoms with van der Waals surface area (Å²) in [5.41, 5.74) is 6.16. The molecule has 0 unspecified atom stereocenters. The first kappa shape index (κ1) is 21.9. The monoisotopic (exact) mass is 366 g/mol. The molecule has 0 aliphatic carbocycles. The van der Waals surface area contributed by atoms with Gasteiger partial charge in [0, 0.05) is 12.2 Å². The molecular formula is C18H30N4O4. The SMILES string of the molecule is CC(C)(C)OC(=O)N1CC(=NCCO)Nc2ccccc2C1.NCCO. The molecule has 0 radical (unpaired) electrons. The first-order valence-corrected chi connectivity index (χ1v) is 8.58. The Morgan fingerprint density at radius 2 is 1.92 bits per heavy atom. The predicted molar refractivity (Wildman–Crippen MR) is 102 cm³/mol. The lowest BCUT2D eigenvalue weighted by molar-refractivity contribution is 0.0266. The van der Waals surface area contributed by atoms with Gasteiger partial charge in [0.05, 0.1) is 32.8 Å². The average molecular weight is 366 g/mol. The number of aliphatic hydroxyl groups is 2. The van der Waals surface area contributed by atoms with Crippen molar-refractivity contribution in [3.63, 3.8) is 0 Å². The van der Waals surface area contributed by atoms with Gasteiger partial charge in [0.15, 0.2) is 0 Å². The van der Waals surface area contributed by atoms with E-state index in [1.807, 2.05) is 45.0 Å². The quantitative estimate of drug-likeness (QED) is 0.637. The number of nitrogens with two attached hydrogens (primary N) is 1. The largest absolute Gasteiger partial charge is 0.444 e. The molecule has 1 heterocycles. The van der Waals surface area contributed by atoms with Crippen molar-refractivity contribution in [3.05, 3.63) is 29.8 Å². The maximum Gasteiger partial charge on any atom is 0.410 e. The Morgan fingerprint density at radius 1 is 1.27 bits per heavy atom. The predicted octanol–water partition coefficient (Wildman–Crippen LogP) is 1.18. The molecule has 5 N–H and O–H groups in total. The number of hydrogen-bond donors (Lipinski definition) is 4. The number of fused-ring (bicyclic) bond motifs is 1. The third-order valence-electron chi connectivity index (χ3n) is 3.18. The Kier molecular flexibility index (Phi) is 9.04. The summed E-state index contributed by atoms with van der Waals surface area (Å²) in [6, 6.07) is 7.78. The Balaban J connectivity index is 0.000000765. The fraction of sp³-hybridized carbons (Fsp3) is 0.556. The van der Waals surface area contributed by atoms with Crippen molar-refractivity contribution < 1.29 is 19.7 Å². The summed E-state index contributed by atoms with van der Waals surface area (Å²) in [7, 11) is 0. The van der Waals surface area contributed by atoms with Gasteiger partial charge in [0.25, 0.3) is 0 Å². The van der Waals surface area contributed by atoms with Crippen LogP contribution in [0.5, 0.6) is 0 Å². The fourth-order valence-corrected chi connectivity index (χ4v) is 2.15.